The predicted octanol–water partition coefficient (Wildman–Crippen LogP) is 3.17. The van der Waals surface area contributed by atoms with Crippen LogP contribution in [0.2, 0.25) is 5.02 Å². The van der Waals surface area contributed by atoms with E-state index >= 15 is 0 Å². The number of halogens is 2. The lowest BCUT2D eigenvalue weighted by Gasteiger charge is -2.31. The Bertz CT molecular complexity index is 662. The second kappa shape index (κ2) is 6.66. The number of nitrogens with zero attached hydrogens (tertiary/aromatic N) is 3. The van der Waals surface area contributed by atoms with Crippen molar-refractivity contribution in [1.82, 2.24) is 14.9 Å². The molecule has 1 fully saturated rings. The van der Waals surface area contributed by atoms with Crippen molar-refractivity contribution in [3.63, 3.8) is 0 Å². The van der Waals surface area contributed by atoms with Crippen molar-refractivity contribution in [1.29, 1.82) is 0 Å². The first-order chi connectivity index (χ1) is 10.6. The number of hydrogen-bond acceptors (Lipinski definition) is 5. The molecule has 0 unspecified atom stereocenters. The fourth-order valence-electron chi connectivity index (χ4n) is 2.31. The van der Waals surface area contributed by atoms with Gasteiger partial charge in [0.25, 0.3) is 5.91 Å². The molecule has 116 valence electrons. The van der Waals surface area contributed by atoms with Crippen LogP contribution >= 0.6 is 27.5 Å². The van der Waals surface area contributed by atoms with Crippen molar-refractivity contribution in [2.24, 2.45) is 0 Å². The summed E-state index contributed by atoms with van der Waals surface area (Å²) in [6, 6.07) is 3.62. The monoisotopic (exact) mass is 385 g/mol. The second-order valence-electron chi connectivity index (χ2n) is 4.92. The number of ether oxygens (including phenoxy) is 1. The zero-order chi connectivity index (χ0) is 15.5. The summed E-state index contributed by atoms with van der Waals surface area (Å²) in [6.45, 7) is 1.15. The van der Waals surface area contributed by atoms with Crippen molar-refractivity contribution in [2.45, 2.75) is 18.9 Å². The molecule has 0 N–H and O–H groups in total. The summed E-state index contributed by atoms with van der Waals surface area (Å²) < 4.78 is 11.6. The highest BCUT2D eigenvalue weighted by Gasteiger charge is 2.27. The molecule has 3 rings (SSSR count). The van der Waals surface area contributed by atoms with E-state index in [0.717, 1.165) is 12.8 Å². The Morgan fingerprint density at radius 2 is 2.18 bits per heavy atom. The van der Waals surface area contributed by atoms with Gasteiger partial charge in [0.1, 0.15) is 6.10 Å². The van der Waals surface area contributed by atoms with Crippen LogP contribution in [0.4, 0.5) is 0 Å². The van der Waals surface area contributed by atoms with Crippen LogP contribution in [0.5, 0.6) is 6.01 Å². The molecule has 1 atom stereocenters. The Kier molecular flexibility index (Phi) is 4.63. The predicted molar refractivity (Wildman–Crippen MR) is 83.0 cm³/mol. The molecule has 0 spiro atoms. The topological polar surface area (TPSA) is 68.5 Å². The fraction of sp³-hybridized carbons (Fsp3) is 0.357. The van der Waals surface area contributed by atoms with Gasteiger partial charge < -0.3 is 14.1 Å². The number of aromatic nitrogens is 2. The van der Waals surface area contributed by atoms with Gasteiger partial charge in [0.05, 0.1) is 24.0 Å². The number of amides is 1. The standard InChI is InChI=1S/C14H13BrClN3O3/c15-12-4-3-11(22-12)13(20)19-5-1-2-10(8-19)21-14-17-6-9(16)7-18-14/h3-4,6-7,10H,1-2,5,8H2/t10-/m1/s1. The van der Waals surface area contributed by atoms with Crippen LogP contribution in [0.25, 0.3) is 0 Å². The van der Waals surface area contributed by atoms with Crippen LogP contribution in [-0.4, -0.2) is 40.0 Å². The van der Waals surface area contributed by atoms with Crippen LogP contribution in [0.15, 0.2) is 33.6 Å². The average molecular weight is 387 g/mol. The zero-order valence-corrected chi connectivity index (χ0v) is 13.9. The van der Waals surface area contributed by atoms with Crippen LogP contribution in [0, 0.1) is 0 Å². The molecule has 6 nitrogen and oxygen atoms in total. The molecular formula is C14H13BrClN3O3. The van der Waals surface area contributed by atoms with E-state index in [4.69, 9.17) is 20.8 Å². The van der Waals surface area contributed by atoms with E-state index in [9.17, 15) is 4.79 Å². The largest absolute Gasteiger partial charge is 0.458 e. The SMILES string of the molecule is O=C(c1ccc(Br)o1)N1CCC[C@@H](Oc2ncc(Cl)cn2)C1. The van der Waals surface area contributed by atoms with Crippen LogP contribution < -0.4 is 4.74 Å². The molecule has 0 radical (unpaired) electrons. The van der Waals surface area contributed by atoms with Gasteiger partial charge in [0, 0.05) is 6.54 Å². The maximum absolute atomic E-state index is 12.4. The van der Waals surface area contributed by atoms with Crippen LogP contribution in [0.1, 0.15) is 23.4 Å². The molecule has 0 bridgehead atoms. The molecular weight excluding hydrogens is 374 g/mol. The van der Waals surface area contributed by atoms with E-state index in [-0.39, 0.29) is 18.0 Å². The van der Waals surface area contributed by atoms with Gasteiger partial charge in [-0.05, 0) is 40.9 Å². The summed E-state index contributed by atoms with van der Waals surface area (Å²) >= 11 is 8.94. The highest BCUT2D eigenvalue weighted by Crippen LogP contribution is 2.20. The molecule has 0 aromatic carbocycles. The van der Waals surface area contributed by atoms with E-state index < -0.39 is 0 Å². The van der Waals surface area contributed by atoms with Crippen molar-refractivity contribution < 1.29 is 13.9 Å². The second-order valence-corrected chi connectivity index (χ2v) is 6.14. The van der Waals surface area contributed by atoms with Gasteiger partial charge in [-0.15, -0.1) is 0 Å². The quantitative estimate of drug-likeness (QED) is 0.810. The number of hydrogen-bond donors (Lipinski definition) is 0. The fourth-order valence-corrected chi connectivity index (χ4v) is 2.72. The minimum atomic E-state index is -0.143. The number of rotatable bonds is 3. The van der Waals surface area contributed by atoms with E-state index in [2.05, 4.69) is 25.9 Å². The van der Waals surface area contributed by atoms with E-state index in [1.807, 2.05) is 0 Å². The molecule has 1 aliphatic rings. The smallest absolute Gasteiger partial charge is 0.316 e. The number of carbonyl (C=O) groups excluding carboxylic acids is 1. The lowest BCUT2D eigenvalue weighted by atomic mass is 10.1. The van der Waals surface area contributed by atoms with E-state index in [1.54, 1.807) is 17.0 Å². The van der Waals surface area contributed by atoms with E-state index in [1.165, 1.54) is 12.4 Å². The van der Waals surface area contributed by atoms with Crippen LogP contribution in [-0.2, 0) is 0 Å². The Morgan fingerprint density at radius 1 is 1.41 bits per heavy atom. The average Bonchev–Trinajstić information content (AvgIpc) is 2.96. The van der Waals surface area contributed by atoms with Crippen molar-refractivity contribution >= 4 is 33.4 Å². The first-order valence-corrected chi connectivity index (χ1v) is 7.98. The van der Waals surface area contributed by atoms with Crippen molar-refractivity contribution in [3.8, 4) is 6.01 Å². The highest BCUT2D eigenvalue weighted by molar-refractivity contribution is 9.10. The minimum Gasteiger partial charge on any atom is -0.458 e. The van der Waals surface area contributed by atoms with Gasteiger partial charge in [-0.25, -0.2) is 9.97 Å². The summed E-state index contributed by atoms with van der Waals surface area (Å²) in [4.78, 5) is 22.1. The van der Waals surface area contributed by atoms with Crippen molar-refractivity contribution in [3.05, 3.63) is 40.0 Å². The molecule has 0 saturated carbocycles. The molecule has 22 heavy (non-hydrogen) atoms. The number of furan rings is 1. The summed E-state index contributed by atoms with van der Waals surface area (Å²) in [5, 5.41) is 0.455. The van der Waals surface area contributed by atoms with Gasteiger partial charge in [-0.1, -0.05) is 11.6 Å². The lowest BCUT2D eigenvalue weighted by molar-refractivity contribution is 0.0488. The minimum absolute atomic E-state index is 0.141. The molecule has 1 aliphatic heterocycles. The Morgan fingerprint density at radius 3 is 2.86 bits per heavy atom. The molecule has 1 amide bonds. The van der Waals surface area contributed by atoms with Gasteiger partial charge in [-0.3, -0.25) is 4.79 Å². The molecule has 1 saturated heterocycles. The third-order valence-electron chi connectivity index (χ3n) is 3.32. The summed E-state index contributed by atoms with van der Waals surface area (Å²) in [6.07, 6.45) is 4.52. The Labute approximate surface area is 140 Å². The molecule has 2 aromatic heterocycles. The molecule has 2 aromatic rings. The third kappa shape index (κ3) is 3.59. The lowest BCUT2D eigenvalue weighted by Crippen LogP contribution is -2.44. The number of likely N-dealkylation sites (tertiary alicyclic amines) is 1. The van der Waals surface area contributed by atoms with Gasteiger partial charge in [0.15, 0.2) is 10.4 Å². The highest BCUT2D eigenvalue weighted by atomic mass is 79.9. The normalized spacial score (nSPS) is 18.3. The van der Waals surface area contributed by atoms with Gasteiger partial charge in [-0.2, -0.15) is 0 Å². The summed E-state index contributed by atoms with van der Waals surface area (Å²) in [5.41, 5.74) is 0. The maximum atomic E-state index is 12.4. The summed E-state index contributed by atoms with van der Waals surface area (Å²) in [5.74, 6) is 0.172. The first-order valence-electron chi connectivity index (χ1n) is 6.80. The van der Waals surface area contributed by atoms with E-state index in [0.29, 0.717) is 28.5 Å². The van der Waals surface area contributed by atoms with Crippen LogP contribution in [0.3, 0.4) is 0 Å². The Hall–Kier alpha value is -1.60. The summed E-state index contributed by atoms with van der Waals surface area (Å²) in [7, 11) is 0. The van der Waals surface area contributed by atoms with Crippen molar-refractivity contribution in [2.75, 3.05) is 13.1 Å². The molecule has 8 heteroatoms. The first kappa shape index (κ1) is 15.3. The number of carbonyl (C=O) groups is 1. The Balaban J connectivity index is 1.63. The number of piperidine rings is 1. The van der Waals surface area contributed by atoms with Gasteiger partial charge >= 0.3 is 6.01 Å². The van der Waals surface area contributed by atoms with Gasteiger partial charge in [0.2, 0.25) is 0 Å². The molecule has 3 heterocycles. The molecule has 0 aliphatic carbocycles. The maximum Gasteiger partial charge on any atom is 0.316 e. The zero-order valence-electron chi connectivity index (χ0n) is 11.5. The third-order valence-corrected chi connectivity index (χ3v) is 3.94.